The van der Waals surface area contributed by atoms with E-state index in [-0.39, 0.29) is 17.0 Å². The van der Waals surface area contributed by atoms with Crippen LogP contribution in [-0.2, 0) is 0 Å². The van der Waals surface area contributed by atoms with E-state index in [2.05, 4.69) is 0 Å². The Kier molecular flexibility index (Phi) is 2.43. The monoisotopic (exact) mass is 250 g/mol. The quantitative estimate of drug-likeness (QED) is 0.723. The average Bonchev–Trinajstić information content (AvgIpc) is 2.80. The van der Waals surface area contributed by atoms with Crippen molar-refractivity contribution in [1.82, 2.24) is 0 Å². The van der Waals surface area contributed by atoms with E-state index in [0.29, 0.717) is 0 Å². The molecule has 0 aromatic heterocycles. The van der Waals surface area contributed by atoms with Gasteiger partial charge in [-0.25, -0.2) is 13.2 Å². The summed E-state index contributed by atoms with van der Waals surface area (Å²) in [4.78, 5) is 0. The minimum atomic E-state index is -1.17. The zero-order valence-electron chi connectivity index (χ0n) is 8.99. The summed E-state index contributed by atoms with van der Waals surface area (Å²) < 4.78 is 50.5. The SMILES string of the molecule is Fc1ccccc1B1Oc2c(F)ccc(F)c2O1. The van der Waals surface area contributed by atoms with E-state index >= 15 is 0 Å². The molecule has 0 spiro atoms. The molecule has 2 aromatic rings. The number of hydrogen-bond acceptors (Lipinski definition) is 2. The Bertz CT molecular complexity index is 587. The van der Waals surface area contributed by atoms with Crippen molar-refractivity contribution in [2.24, 2.45) is 0 Å². The summed E-state index contributed by atoms with van der Waals surface area (Å²) in [5.41, 5.74) is 0.0903. The van der Waals surface area contributed by atoms with Gasteiger partial charge in [0.1, 0.15) is 5.82 Å². The van der Waals surface area contributed by atoms with Gasteiger partial charge in [-0.2, -0.15) is 0 Å². The van der Waals surface area contributed by atoms with E-state index in [0.717, 1.165) is 12.1 Å². The lowest BCUT2D eigenvalue weighted by Crippen LogP contribution is -2.41. The van der Waals surface area contributed by atoms with E-state index in [9.17, 15) is 13.2 Å². The van der Waals surface area contributed by atoms with Gasteiger partial charge in [0.15, 0.2) is 23.1 Å². The van der Waals surface area contributed by atoms with Gasteiger partial charge in [-0.3, -0.25) is 0 Å². The third kappa shape index (κ3) is 1.61. The van der Waals surface area contributed by atoms with Crippen LogP contribution in [0.2, 0.25) is 0 Å². The highest BCUT2D eigenvalue weighted by molar-refractivity contribution is 6.63. The molecule has 2 aromatic carbocycles. The first-order valence-electron chi connectivity index (χ1n) is 5.22. The van der Waals surface area contributed by atoms with Crippen molar-refractivity contribution in [3.05, 3.63) is 53.8 Å². The topological polar surface area (TPSA) is 18.5 Å². The molecule has 3 rings (SSSR count). The van der Waals surface area contributed by atoms with E-state index in [1.54, 1.807) is 6.07 Å². The second-order valence-electron chi connectivity index (χ2n) is 3.78. The fourth-order valence-electron chi connectivity index (χ4n) is 1.77. The highest BCUT2D eigenvalue weighted by atomic mass is 19.1. The van der Waals surface area contributed by atoms with Crippen molar-refractivity contribution in [3.8, 4) is 11.5 Å². The lowest BCUT2D eigenvalue weighted by molar-refractivity contribution is 0.487. The number of fused-ring (bicyclic) bond motifs is 1. The Balaban J connectivity index is 2.01. The van der Waals surface area contributed by atoms with Crippen molar-refractivity contribution in [1.29, 1.82) is 0 Å². The molecule has 0 unspecified atom stereocenters. The normalized spacial score (nSPS) is 12.9. The van der Waals surface area contributed by atoms with Crippen molar-refractivity contribution in [3.63, 3.8) is 0 Å². The first-order chi connectivity index (χ1) is 8.66. The van der Waals surface area contributed by atoms with Crippen LogP contribution in [0.4, 0.5) is 13.2 Å². The van der Waals surface area contributed by atoms with Gasteiger partial charge in [0.2, 0.25) is 0 Å². The molecule has 0 radical (unpaired) electrons. The third-order valence-electron chi connectivity index (χ3n) is 2.62. The first-order valence-corrected chi connectivity index (χ1v) is 5.22. The van der Waals surface area contributed by atoms with E-state index in [1.807, 2.05) is 0 Å². The second-order valence-corrected chi connectivity index (χ2v) is 3.78. The Hall–Kier alpha value is -2.11. The molecule has 0 saturated heterocycles. The van der Waals surface area contributed by atoms with Crippen molar-refractivity contribution >= 4 is 12.6 Å². The van der Waals surface area contributed by atoms with Gasteiger partial charge in [-0.05, 0) is 18.2 Å². The summed E-state index contributed by atoms with van der Waals surface area (Å²) in [6, 6.07) is 7.60. The smallest absolute Gasteiger partial charge is 0.517 e. The number of hydrogen-bond donors (Lipinski definition) is 0. The maximum Gasteiger partial charge on any atom is 0.635 e. The van der Waals surface area contributed by atoms with Crippen LogP contribution in [0.3, 0.4) is 0 Å². The van der Waals surface area contributed by atoms with Crippen LogP contribution in [0.1, 0.15) is 0 Å². The fraction of sp³-hybridized carbons (Fsp3) is 0. The van der Waals surface area contributed by atoms with E-state index in [1.165, 1.54) is 18.2 Å². The summed E-state index contributed by atoms with van der Waals surface area (Å²) in [5, 5.41) is 0. The minimum Gasteiger partial charge on any atom is -0.517 e. The van der Waals surface area contributed by atoms with Gasteiger partial charge < -0.3 is 9.31 Å². The highest BCUT2D eigenvalue weighted by Crippen LogP contribution is 2.38. The summed E-state index contributed by atoms with van der Waals surface area (Å²) in [6.45, 7) is 0. The molecule has 0 bridgehead atoms. The second kappa shape index (κ2) is 3.98. The molecule has 0 fully saturated rings. The third-order valence-corrected chi connectivity index (χ3v) is 2.62. The number of halogens is 3. The molecule has 0 atom stereocenters. The molecule has 1 aliphatic heterocycles. The average molecular weight is 250 g/mol. The van der Waals surface area contributed by atoms with Crippen LogP contribution < -0.4 is 14.8 Å². The van der Waals surface area contributed by atoms with Gasteiger partial charge >= 0.3 is 7.12 Å². The Morgan fingerprint density at radius 2 is 1.28 bits per heavy atom. The molecule has 0 amide bonds. The maximum atomic E-state index is 13.5. The van der Waals surface area contributed by atoms with Gasteiger partial charge in [0.25, 0.3) is 0 Å². The Labute approximate surface area is 101 Å². The summed E-state index contributed by atoms with van der Waals surface area (Å²) in [6.07, 6.45) is 0. The number of benzene rings is 2. The lowest BCUT2D eigenvalue weighted by Gasteiger charge is -2.05. The molecular formula is C12H6BF3O2. The van der Waals surface area contributed by atoms with E-state index in [4.69, 9.17) is 9.31 Å². The summed E-state index contributed by atoms with van der Waals surface area (Å²) in [5.74, 6) is -2.71. The van der Waals surface area contributed by atoms with Crippen LogP contribution >= 0.6 is 0 Å². The molecule has 2 nitrogen and oxygen atoms in total. The van der Waals surface area contributed by atoms with Gasteiger partial charge in [0, 0.05) is 5.46 Å². The van der Waals surface area contributed by atoms with Crippen LogP contribution in [0.25, 0.3) is 0 Å². The van der Waals surface area contributed by atoms with Gasteiger partial charge in [-0.15, -0.1) is 0 Å². The Morgan fingerprint density at radius 3 is 1.83 bits per heavy atom. The molecule has 0 N–H and O–H groups in total. The van der Waals surface area contributed by atoms with Crippen LogP contribution in [-0.4, -0.2) is 7.12 Å². The van der Waals surface area contributed by atoms with Crippen molar-refractivity contribution in [2.45, 2.75) is 0 Å². The van der Waals surface area contributed by atoms with Gasteiger partial charge in [-0.1, -0.05) is 18.2 Å². The van der Waals surface area contributed by atoms with Crippen LogP contribution in [0, 0.1) is 17.5 Å². The largest absolute Gasteiger partial charge is 0.635 e. The predicted molar refractivity (Wildman–Crippen MR) is 59.4 cm³/mol. The molecule has 0 aliphatic carbocycles. The summed E-state index contributed by atoms with van der Waals surface area (Å²) >= 11 is 0. The van der Waals surface area contributed by atoms with Crippen LogP contribution in [0.15, 0.2) is 36.4 Å². The van der Waals surface area contributed by atoms with Crippen LogP contribution in [0.5, 0.6) is 11.5 Å². The summed E-state index contributed by atoms with van der Waals surface area (Å²) in [7, 11) is -1.17. The van der Waals surface area contributed by atoms with Crippen molar-refractivity contribution in [2.75, 3.05) is 0 Å². The minimum absolute atomic E-state index is 0.0903. The molecule has 1 aliphatic rings. The lowest BCUT2D eigenvalue weighted by atomic mass is 9.79. The number of rotatable bonds is 1. The van der Waals surface area contributed by atoms with E-state index < -0.39 is 24.6 Å². The zero-order valence-corrected chi connectivity index (χ0v) is 8.99. The first kappa shape index (κ1) is 11.0. The molecule has 0 saturated carbocycles. The zero-order chi connectivity index (χ0) is 12.7. The molecule has 6 heteroatoms. The molecular weight excluding hydrogens is 244 g/mol. The van der Waals surface area contributed by atoms with Crippen molar-refractivity contribution < 1.29 is 22.5 Å². The fourth-order valence-corrected chi connectivity index (χ4v) is 1.77. The standard InChI is InChI=1S/C12H6BF3O2/c14-8-4-2-1-3-7(8)13-17-11-9(15)5-6-10(16)12(11)18-13/h1-6H. The Morgan fingerprint density at radius 1 is 0.722 bits per heavy atom. The molecule has 18 heavy (non-hydrogen) atoms. The van der Waals surface area contributed by atoms with Gasteiger partial charge in [0.05, 0.1) is 0 Å². The predicted octanol–water partition coefficient (Wildman–Crippen LogP) is 2.27. The molecule has 1 heterocycles. The molecule has 90 valence electrons. The maximum absolute atomic E-state index is 13.5. The highest BCUT2D eigenvalue weighted by Gasteiger charge is 2.39.